The third-order valence-electron chi connectivity index (χ3n) is 4.46. The van der Waals surface area contributed by atoms with Gasteiger partial charge in [0.05, 0.1) is 17.8 Å². The Bertz CT molecular complexity index is 1110. The molecule has 7 heteroatoms. The molecule has 0 aliphatic rings. The number of pyridine rings is 1. The molecule has 0 fully saturated rings. The van der Waals surface area contributed by atoms with Gasteiger partial charge in [0.25, 0.3) is 0 Å². The van der Waals surface area contributed by atoms with Crippen LogP contribution in [-0.2, 0) is 6.54 Å². The number of fused-ring (bicyclic) bond motifs is 1. The maximum absolute atomic E-state index is 6.35. The van der Waals surface area contributed by atoms with Crippen molar-refractivity contribution in [2.75, 3.05) is 0 Å². The van der Waals surface area contributed by atoms with Crippen LogP contribution >= 0.6 is 23.2 Å². The molecule has 0 aliphatic carbocycles. The lowest BCUT2D eigenvalue weighted by molar-refractivity contribution is 0.393. The molecule has 0 radical (unpaired) electrons. The zero-order chi connectivity index (χ0) is 18.4. The van der Waals surface area contributed by atoms with Crippen LogP contribution in [0.1, 0.15) is 22.8 Å². The Kier molecular flexibility index (Phi) is 4.21. The molecule has 0 bridgehead atoms. The molecule has 1 aromatic carbocycles. The van der Waals surface area contributed by atoms with E-state index in [2.05, 4.69) is 25.8 Å². The fraction of sp³-hybridized carbons (Fsp3) is 0.211. The lowest BCUT2D eigenvalue weighted by atomic mass is 10.1. The first kappa shape index (κ1) is 17.1. The van der Waals surface area contributed by atoms with Crippen molar-refractivity contribution in [1.29, 1.82) is 0 Å². The van der Waals surface area contributed by atoms with Crippen molar-refractivity contribution in [3.05, 3.63) is 63.3 Å². The van der Waals surface area contributed by atoms with Gasteiger partial charge in [0.15, 0.2) is 5.65 Å². The van der Waals surface area contributed by atoms with Crippen LogP contribution in [0, 0.1) is 20.8 Å². The van der Waals surface area contributed by atoms with Crippen LogP contribution in [0.2, 0.25) is 10.0 Å². The van der Waals surface area contributed by atoms with E-state index in [1.807, 2.05) is 32.9 Å². The van der Waals surface area contributed by atoms with Crippen molar-refractivity contribution < 1.29 is 4.52 Å². The van der Waals surface area contributed by atoms with Gasteiger partial charge in [0.1, 0.15) is 11.6 Å². The molecular weight excluding hydrogens is 371 g/mol. The number of halogens is 2. The largest absolute Gasteiger partial charge is 0.361 e. The van der Waals surface area contributed by atoms with Crippen LogP contribution in [-0.4, -0.2) is 19.7 Å². The van der Waals surface area contributed by atoms with E-state index < -0.39 is 0 Å². The highest BCUT2D eigenvalue weighted by atomic mass is 35.5. The van der Waals surface area contributed by atoms with Crippen molar-refractivity contribution in [3.8, 4) is 11.1 Å². The Morgan fingerprint density at radius 1 is 1.12 bits per heavy atom. The highest BCUT2D eigenvalue weighted by Crippen LogP contribution is 2.30. The lowest BCUT2D eigenvalue weighted by Gasteiger charge is -2.10. The predicted molar refractivity (Wildman–Crippen MR) is 103 cm³/mol. The standard InChI is InChI=1S/C19H16Cl2N4O/c1-10-18(11(2)26-24-10)14-6-17-19(22-8-14)23-12(3)25(17)9-13-4-5-15(20)7-16(13)21/h4-8H,9H2,1-3H3. The van der Waals surface area contributed by atoms with Crippen molar-refractivity contribution in [3.63, 3.8) is 0 Å². The fourth-order valence-corrected chi connectivity index (χ4v) is 3.64. The first-order valence-electron chi connectivity index (χ1n) is 8.14. The van der Waals surface area contributed by atoms with Crippen LogP contribution in [0.3, 0.4) is 0 Å². The molecule has 0 saturated carbocycles. The third kappa shape index (κ3) is 2.87. The molecule has 4 rings (SSSR count). The molecule has 0 aliphatic heterocycles. The maximum Gasteiger partial charge on any atom is 0.177 e. The summed E-state index contributed by atoms with van der Waals surface area (Å²) in [5.74, 6) is 1.64. The summed E-state index contributed by atoms with van der Waals surface area (Å²) in [6.07, 6.45) is 1.81. The quantitative estimate of drug-likeness (QED) is 0.475. The minimum Gasteiger partial charge on any atom is -0.361 e. The number of aryl methyl sites for hydroxylation is 3. The average molecular weight is 387 g/mol. The van der Waals surface area contributed by atoms with Crippen LogP contribution in [0.25, 0.3) is 22.3 Å². The molecule has 0 amide bonds. The molecule has 132 valence electrons. The number of aromatic nitrogens is 4. The summed E-state index contributed by atoms with van der Waals surface area (Å²) in [4.78, 5) is 9.09. The van der Waals surface area contributed by atoms with Gasteiger partial charge in [-0.1, -0.05) is 34.4 Å². The number of imidazole rings is 1. The van der Waals surface area contributed by atoms with Gasteiger partial charge in [0, 0.05) is 27.4 Å². The van der Waals surface area contributed by atoms with Crippen LogP contribution < -0.4 is 0 Å². The molecule has 0 spiro atoms. The van der Waals surface area contributed by atoms with Gasteiger partial charge in [0.2, 0.25) is 0 Å². The monoisotopic (exact) mass is 386 g/mol. The smallest absolute Gasteiger partial charge is 0.177 e. The Balaban J connectivity index is 1.84. The summed E-state index contributed by atoms with van der Waals surface area (Å²) >= 11 is 12.4. The van der Waals surface area contributed by atoms with Crippen LogP contribution in [0.5, 0.6) is 0 Å². The molecular formula is C19H16Cl2N4O. The van der Waals surface area contributed by atoms with Gasteiger partial charge in [-0.15, -0.1) is 0 Å². The SMILES string of the molecule is Cc1noc(C)c1-c1cnc2nc(C)n(Cc3ccc(Cl)cc3Cl)c2c1. The van der Waals surface area contributed by atoms with Crippen molar-refractivity contribution in [2.45, 2.75) is 27.3 Å². The molecule has 0 atom stereocenters. The maximum atomic E-state index is 6.35. The third-order valence-corrected chi connectivity index (χ3v) is 5.05. The van der Waals surface area contributed by atoms with Crippen LogP contribution in [0.4, 0.5) is 0 Å². The fourth-order valence-electron chi connectivity index (χ4n) is 3.17. The Labute approximate surface area is 160 Å². The average Bonchev–Trinajstić information content (AvgIpc) is 3.09. The molecule has 0 unspecified atom stereocenters. The highest BCUT2D eigenvalue weighted by molar-refractivity contribution is 6.35. The summed E-state index contributed by atoms with van der Waals surface area (Å²) in [5.41, 5.74) is 5.37. The number of hydrogen-bond donors (Lipinski definition) is 0. The van der Waals surface area contributed by atoms with E-state index in [1.54, 1.807) is 12.3 Å². The van der Waals surface area contributed by atoms with E-state index >= 15 is 0 Å². The molecule has 4 aromatic rings. The molecule has 5 nitrogen and oxygen atoms in total. The Hall–Kier alpha value is -2.37. The minimum absolute atomic E-state index is 0.588. The van der Waals surface area contributed by atoms with Gasteiger partial charge in [-0.3, -0.25) is 0 Å². The zero-order valence-corrected chi connectivity index (χ0v) is 16.1. The van der Waals surface area contributed by atoms with Crippen molar-refractivity contribution in [2.24, 2.45) is 0 Å². The van der Waals surface area contributed by atoms with E-state index in [1.165, 1.54) is 0 Å². The molecule has 0 saturated heterocycles. The number of nitrogens with zero attached hydrogens (tertiary/aromatic N) is 4. The van der Waals surface area contributed by atoms with E-state index in [9.17, 15) is 0 Å². The van der Waals surface area contributed by atoms with Crippen molar-refractivity contribution in [1.82, 2.24) is 19.7 Å². The Morgan fingerprint density at radius 2 is 1.92 bits per heavy atom. The Morgan fingerprint density at radius 3 is 2.62 bits per heavy atom. The predicted octanol–water partition coefficient (Wildman–Crippen LogP) is 5.37. The highest BCUT2D eigenvalue weighted by Gasteiger charge is 2.16. The number of hydrogen-bond acceptors (Lipinski definition) is 4. The first-order valence-corrected chi connectivity index (χ1v) is 8.89. The summed E-state index contributed by atoms with van der Waals surface area (Å²) in [6, 6.07) is 7.59. The second-order valence-electron chi connectivity index (χ2n) is 6.25. The zero-order valence-electron chi connectivity index (χ0n) is 14.5. The van der Waals surface area contributed by atoms with E-state index in [0.29, 0.717) is 22.2 Å². The topological polar surface area (TPSA) is 56.7 Å². The second kappa shape index (κ2) is 6.41. The minimum atomic E-state index is 0.588. The number of benzene rings is 1. The first-order chi connectivity index (χ1) is 12.4. The van der Waals surface area contributed by atoms with Crippen LogP contribution in [0.15, 0.2) is 35.0 Å². The summed E-state index contributed by atoms with van der Waals surface area (Å²) in [7, 11) is 0. The van der Waals surface area contributed by atoms with E-state index in [4.69, 9.17) is 27.7 Å². The summed E-state index contributed by atoms with van der Waals surface area (Å²) < 4.78 is 7.39. The number of rotatable bonds is 3. The summed E-state index contributed by atoms with van der Waals surface area (Å²) in [6.45, 7) is 6.37. The van der Waals surface area contributed by atoms with Gasteiger partial charge < -0.3 is 9.09 Å². The van der Waals surface area contributed by atoms with Crippen molar-refractivity contribution >= 4 is 34.4 Å². The molecule has 3 heterocycles. The lowest BCUT2D eigenvalue weighted by Crippen LogP contribution is -2.03. The van der Waals surface area contributed by atoms with Gasteiger partial charge in [-0.05, 0) is 44.5 Å². The molecule has 3 aromatic heterocycles. The molecule has 0 N–H and O–H groups in total. The van der Waals surface area contributed by atoms with Gasteiger partial charge in [-0.25, -0.2) is 9.97 Å². The second-order valence-corrected chi connectivity index (χ2v) is 7.09. The van der Waals surface area contributed by atoms with Gasteiger partial charge in [-0.2, -0.15) is 0 Å². The van der Waals surface area contributed by atoms with E-state index in [-0.39, 0.29) is 0 Å². The summed E-state index contributed by atoms with van der Waals surface area (Å²) in [5, 5.41) is 5.28. The molecule has 26 heavy (non-hydrogen) atoms. The van der Waals surface area contributed by atoms with Gasteiger partial charge >= 0.3 is 0 Å². The normalized spacial score (nSPS) is 11.4. The van der Waals surface area contributed by atoms with E-state index in [0.717, 1.165) is 39.5 Å².